The number of carbonyl (C=O) groups excluding carboxylic acids is 1. The van der Waals surface area contributed by atoms with Gasteiger partial charge in [-0.25, -0.2) is 0 Å². The zero-order valence-electron chi connectivity index (χ0n) is 9.77. The molecule has 0 fully saturated rings. The number of nitrogens with zero attached hydrogens (tertiary/aromatic N) is 1. The van der Waals surface area contributed by atoms with Crippen LogP contribution in [0.4, 0.5) is 0 Å². The third kappa shape index (κ3) is 4.40. The lowest BCUT2D eigenvalue weighted by Gasteiger charge is -2.13. The van der Waals surface area contributed by atoms with Crippen LogP contribution in [0.25, 0.3) is 0 Å². The van der Waals surface area contributed by atoms with E-state index in [1.54, 1.807) is 12.4 Å². The largest absolute Gasteiger partial charge is 0.466 e. The van der Waals surface area contributed by atoms with Gasteiger partial charge in [0.2, 0.25) is 0 Å². The van der Waals surface area contributed by atoms with E-state index in [-0.39, 0.29) is 12.0 Å². The van der Waals surface area contributed by atoms with Gasteiger partial charge < -0.3 is 10.1 Å². The Morgan fingerprint density at radius 3 is 2.81 bits per heavy atom. The maximum atomic E-state index is 11.1. The second-order valence-corrected chi connectivity index (χ2v) is 3.51. The second-order valence-electron chi connectivity index (χ2n) is 3.51. The number of carbonyl (C=O) groups is 1. The van der Waals surface area contributed by atoms with Crippen LogP contribution < -0.4 is 5.32 Å². The summed E-state index contributed by atoms with van der Waals surface area (Å²) in [6, 6.07) is 4.14. The Labute approximate surface area is 96.0 Å². The average molecular weight is 222 g/mol. The molecule has 0 radical (unpaired) electrons. The first-order valence-corrected chi connectivity index (χ1v) is 5.53. The summed E-state index contributed by atoms with van der Waals surface area (Å²) in [6.07, 6.45) is 3.93. The zero-order valence-corrected chi connectivity index (χ0v) is 9.77. The number of ether oxygens (including phenoxy) is 1. The van der Waals surface area contributed by atoms with Gasteiger partial charge >= 0.3 is 5.97 Å². The van der Waals surface area contributed by atoms with Crippen LogP contribution in [0.3, 0.4) is 0 Å². The van der Waals surface area contributed by atoms with Gasteiger partial charge in [0, 0.05) is 25.0 Å². The molecule has 1 aromatic heterocycles. The molecule has 1 aromatic rings. The number of aromatic nitrogens is 1. The molecule has 4 nitrogen and oxygen atoms in total. The number of rotatable bonds is 6. The predicted octanol–water partition coefficient (Wildman–Crippen LogP) is 1.69. The summed E-state index contributed by atoms with van der Waals surface area (Å²) >= 11 is 0. The molecule has 1 N–H and O–H groups in total. The summed E-state index contributed by atoms with van der Waals surface area (Å²) in [4.78, 5) is 15.0. The molecule has 0 bridgehead atoms. The van der Waals surface area contributed by atoms with Crippen molar-refractivity contribution in [2.24, 2.45) is 0 Å². The van der Waals surface area contributed by atoms with Gasteiger partial charge in [0.05, 0.1) is 13.0 Å². The molecule has 1 rings (SSSR count). The van der Waals surface area contributed by atoms with E-state index in [4.69, 9.17) is 4.74 Å². The zero-order chi connectivity index (χ0) is 11.8. The Balaban J connectivity index is 2.26. The lowest BCUT2D eigenvalue weighted by atomic mass is 10.1. The minimum absolute atomic E-state index is 0.156. The SMILES string of the molecule is CCOC(=O)CCN[C@@H](C)c1ccncc1. The normalized spacial score (nSPS) is 12.1. The molecule has 4 heteroatoms. The lowest BCUT2D eigenvalue weighted by molar-refractivity contribution is -0.143. The first kappa shape index (κ1) is 12.6. The molecule has 1 heterocycles. The van der Waals surface area contributed by atoms with Crippen LogP contribution in [-0.4, -0.2) is 24.1 Å². The van der Waals surface area contributed by atoms with E-state index < -0.39 is 0 Å². The number of hydrogen-bond acceptors (Lipinski definition) is 4. The topological polar surface area (TPSA) is 51.2 Å². The van der Waals surface area contributed by atoms with Crippen molar-refractivity contribution in [2.75, 3.05) is 13.2 Å². The van der Waals surface area contributed by atoms with Crippen molar-refractivity contribution in [3.05, 3.63) is 30.1 Å². The van der Waals surface area contributed by atoms with Gasteiger partial charge in [-0.15, -0.1) is 0 Å². The van der Waals surface area contributed by atoms with E-state index in [0.29, 0.717) is 19.6 Å². The van der Waals surface area contributed by atoms with E-state index in [2.05, 4.69) is 17.2 Å². The lowest BCUT2D eigenvalue weighted by Crippen LogP contribution is -2.22. The standard InChI is InChI=1S/C12H18N2O2/c1-3-16-12(15)6-9-14-10(2)11-4-7-13-8-5-11/h4-5,7-8,10,14H,3,6,9H2,1-2H3/t10-/m0/s1. The molecule has 0 aliphatic rings. The van der Waals surface area contributed by atoms with Crippen molar-refractivity contribution < 1.29 is 9.53 Å². The Kier molecular flexibility index (Phi) is 5.50. The van der Waals surface area contributed by atoms with Gasteiger partial charge in [-0.2, -0.15) is 0 Å². The van der Waals surface area contributed by atoms with Crippen LogP contribution >= 0.6 is 0 Å². The first-order valence-electron chi connectivity index (χ1n) is 5.53. The number of esters is 1. The van der Waals surface area contributed by atoms with Crippen LogP contribution in [0, 0.1) is 0 Å². The Bertz CT molecular complexity index is 314. The molecular formula is C12H18N2O2. The van der Waals surface area contributed by atoms with Crippen LogP contribution in [-0.2, 0) is 9.53 Å². The summed E-state index contributed by atoms with van der Waals surface area (Å²) in [5, 5.41) is 3.26. The predicted molar refractivity (Wildman–Crippen MR) is 61.9 cm³/mol. The molecule has 1 atom stereocenters. The minimum atomic E-state index is -0.156. The molecule has 0 unspecified atom stereocenters. The van der Waals surface area contributed by atoms with E-state index in [0.717, 1.165) is 0 Å². The maximum Gasteiger partial charge on any atom is 0.307 e. The highest BCUT2D eigenvalue weighted by Gasteiger charge is 2.05. The molecule has 0 spiro atoms. The monoisotopic (exact) mass is 222 g/mol. The van der Waals surface area contributed by atoms with Gasteiger partial charge in [0.1, 0.15) is 0 Å². The van der Waals surface area contributed by atoms with Crippen LogP contribution in [0.15, 0.2) is 24.5 Å². The third-order valence-corrected chi connectivity index (χ3v) is 2.29. The highest BCUT2D eigenvalue weighted by Crippen LogP contribution is 2.09. The molecule has 0 aliphatic carbocycles. The van der Waals surface area contributed by atoms with Gasteiger partial charge in [-0.1, -0.05) is 0 Å². The molecular weight excluding hydrogens is 204 g/mol. The molecule has 0 aliphatic heterocycles. The fourth-order valence-electron chi connectivity index (χ4n) is 1.39. The fourth-order valence-corrected chi connectivity index (χ4v) is 1.39. The van der Waals surface area contributed by atoms with Crippen molar-refractivity contribution in [3.63, 3.8) is 0 Å². The van der Waals surface area contributed by atoms with Crippen molar-refractivity contribution in [1.82, 2.24) is 10.3 Å². The average Bonchev–Trinajstić information content (AvgIpc) is 2.30. The maximum absolute atomic E-state index is 11.1. The Morgan fingerprint density at radius 2 is 2.19 bits per heavy atom. The van der Waals surface area contributed by atoms with Crippen LogP contribution in [0.1, 0.15) is 31.9 Å². The summed E-state index contributed by atoms with van der Waals surface area (Å²) in [5.74, 6) is -0.156. The van der Waals surface area contributed by atoms with E-state index in [1.165, 1.54) is 5.56 Å². The van der Waals surface area contributed by atoms with Crippen LogP contribution in [0.2, 0.25) is 0 Å². The molecule has 16 heavy (non-hydrogen) atoms. The summed E-state index contributed by atoms with van der Waals surface area (Å²) in [7, 11) is 0. The Morgan fingerprint density at radius 1 is 1.50 bits per heavy atom. The van der Waals surface area contributed by atoms with Crippen molar-refractivity contribution >= 4 is 5.97 Å². The molecule has 88 valence electrons. The molecule has 0 saturated heterocycles. The summed E-state index contributed by atoms with van der Waals surface area (Å²) in [5.41, 5.74) is 1.17. The highest BCUT2D eigenvalue weighted by atomic mass is 16.5. The van der Waals surface area contributed by atoms with Crippen molar-refractivity contribution in [2.45, 2.75) is 26.3 Å². The van der Waals surface area contributed by atoms with E-state index in [9.17, 15) is 4.79 Å². The molecule has 0 saturated carbocycles. The highest BCUT2D eigenvalue weighted by molar-refractivity contribution is 5.69. The summed E-state index contributed by atoms with van der Waals surface area (Å²) in [6.45, 7) is 4.94. The molecule has 0 amide bonds. The Hall–Kier alpha value is -1.42. The third-order valence-electron chi connectivity index (χ3n) is 2.29. The van der Waals surface area contributed by atoms with E-state index >= 15 is 0 Å². The van der Waals surface area contributed by atoms with Gasteiger partial charge in [0.25, 0.3) is 0 Å². The smallest absolute Gasteiger partial charge is 0.307 e. The first-order chi connectivity index (χ1) is 7.74. The minimum Gasteiger partial charge on any atom is -0.466 e. The van der Waals surface area contributed by atoms with Gasteiger partial charge in [-0.3, -0.25) is 9.78 Å². The van der Waals surface area contributed by atoms with E-state index in [1.807, 2.05) is 19.1 Å². The quantitative estimate of drug-likeness (QED) is 0.744. The van der Waals surface area contributed by atoms with Crippen molar-refractivity contribution in [1.29, 1.82) is 0 Å². The molecule has 0 aromatic carbocycles. The second kappa shape index (κ2) is 6.95. The number of pyridine rings is 1. The summed E-state index contributed by atoms with van der Waals surface area (Å²) < 4.78 is 4.84. The number of hydrogen-bond donors (Lipinski definition) is 1. The van der Waals surface area contributed by atoms with Crippen molar-refractivity contribution in [3.8, 4) is 0 Å². The number of nitrogens with one attached hydrogen (secondary N) is 1. The fraction of sp³-hybridized carbons (Fsp3) is 0.500. The van der Waals surface area contributed by atoms with Crippen LogP contribution in [0.5, 0.6) is 0 Å². The van der Waals surface area contributed by atoms with Gasteiger partial charge in [-0.05, 0) is 31.5 Å². The van der Waals surface area contributed by atoms with Gasteiger partial charge in [0.15, 0.2) is 0 Å².